The zero-order chi connectivity index (χ0) is 9.97. The molecule has 1 saturated heterocycles. The fourth-order valence-electron chi connectivity index (χ4n) is 1.62. The quantitative estimate of drug-likeness (QED) is 0.709. The van der Waals surface area contributed by atoms with Crippen molar-refractivity contribution in [2.75, 3.05) is 18.6 Å². The van der Waals surface area contributed by atoms with Crippen LogP contribution >= 0.6 is 0 Å². The molecule has 0 atom stereocenters. The van der Waals surface area contributed by atoms with Gasteiger partial charge in [0.25, 0.3) is 0 Å². The highest BCUT2D eigenvalue weighted by molar-refractivity contribution is 5.95. The van der Waals surface area contributed by atoms with Gasteiger partial charge in [-0.05, 0) is 24.6 Å². The van der Waals surface area contributed by atoms with Crippen LogP contribution in [0.4, 0.5) is 5.69 Å². The third kappa shape index (κ3) is 1.58. The molecule has 0 saturated carbocycles. The molecule has 0 N–H and O–H groups in total. The number of ether oxygens (including phenoxy) is 1. The Balaban J connectivity index is 2.20. The molecule has 14 heavy (non-hydrogen) atoms. The van der Waals surface area contributed by atoms with Gasteiger partial charge in [0.15, 0.2) is 0 Å². The lowest BCUT2D eigenvalue weighted by molar-refractivity contribution is -0.117. The molecule has 1 aliphatic heterocycles. The third-order valence-electron chi connectivity index (χ3n) is 2.37. The zero-order valence-electron chi connectivity index (χ0n) is 8.12. The van der Waals surface area contributed by atoms with Crippen LogP contribution in [0.5, 0.6) is 5.75 Å². The standard InChI is InChI=1S/C11H12NO2/c1-14-10-6-4-9(5-7-10)12-8-2-3-11(12)13/h4-6H,2-3,8H2,1H3. The van der Waals surface area contributed by atoms with E-state index in [0.717, 1.165) is 18.7 Å². The molecule has 0 spiro atoms. The van der Waals surface area contributed by atoms with E-state index in [0.29, 0.717) is 12.2 Å². The summed E-state index contributed by atoms with van der Waals surface area (Å²) >= 11 is 0. The summed E-state index contributed by atoms with van der Waals surface area (Å²) in [5.41, 5.74) is 0.910. The summed E-state index contributed by atoms with van der Waals surface area (Å²) in [6.07, 6.45) is 1.61. The van der Waals surface area contributed by atoms with Gasteiger partial charge in [-0.25, -0.2) is 0 Å². The van der Waals surface area contributed by atoms with E-state index in [2.05, 4.69) is 6.07 Å². The van der Waals surface area contributed by atoms with Crippen LogP contribution in [0.15, 0.2) is 18.2 Å². The van der Waals surface area contributed by atoms with Crippen LogP contribution in [0.25, 0.3) is 0 Å². The van der Waals surface area contributed by atoms with Gasteiger partial charge in [-0.15, -0.1) is 0 Å². The van der Waals surface area contributed by atoms with Gasteiger partial charge >= 0.3 is 0 Å². The van der Waals surface area contributed by atoms with E-state index in [1.165, 1.54) is 0 Å². The minimum atomic E-state index is 0.198. The second kappa shape index (κ2) is 3.70. The summed E-state index contributed by atoms with van der Waals surface area (Å²) in [6, 6.07) is 8.47. The molecule has 0 aromatic heterocycles. The lowest BCUT2D eigenvalue weighted by atomic mass is 10.3. The van der Waals surface area contributed by atoms with Crippen LogP contribution in [-0.4, -0.2) is 19.6 Å². The number of methoxy groups -OCH3 is 1. The predicted molar refractivity (Wildman–Crippen MR) is 53.4 cm³/mol. The topological polar surface area (TPSA) is 29.5 Å². The summed E-state index contributed by atoms with van der Waals surface area (Å²) < 4.78 is 5.00. The molecule has 1 radical (unpaired) electrons. The van der Waals surface area contributed by atoms with Crippen LogP contribution in [0, 0.1) is 6.07 Å². The fraction of sp³-hybridized carbons (Fsp3) is 0.364. The molecule has 2 rings (SSSR count). The first-order valence-corrected chi connectivity index (χ1v) is 4.67. The first kappa shape index (κ1) is 9.06. The molecular formula is C11H12NO2. The summed E-state index contributed by atoms with van der Waals surface area (Å²) in [5.74, 6) is 0.893. The number of amides is 1. The van der Waals surface area contributed by atoms with Crippen molar-refractivity contribution in [3.63, 3.8) is 0 Å². The Morgan fingerprint density at radius 1 is 1.50 bits per heavy atom. The maximum Gasteiger partial charge on any atom is 0.227 e. The van der Waals surface area contributed by atoms with Crippen molar-refractivity contribution in [3.05, 3.63) is 24.3 Å². The van der Waals surface area contributed by atoms with Crippen LogP contribution in [0.2, 0.25) is 0 Å². The smallest absolute Gasteiger partial charge is 0.227 e. The van der Waals surface area contributed by atoms with Crippen molar-refractivity contribution in [2.45, 2.75) is 12.8 Å². The molecule has 3 heteroatoms. The van der Waals surface area contributed by atoms with E-state index in [9.17, 15) is 4.79 Å². The van der Waals surface area contributed by atoms with E-state index in [1.807, 2.05) is 12.1 Å². The Bertz CT molecular complexity index is 332. The molecule has 0 unspecified atom stereocenters. The van der Waals surface area contributed by atoms with Gasteiger partial charge in [0.2, 0.25) is 5.91 Å². The zero-order valence-corrected chi connectivity index (χ0v) is 8.12. The Kier molecular flexibility index (Phi) is 2.39. The number of nitrogens with zero attached hydrogens (tertiary/aromatic N) is 1. The van der Waals surface area contributed by atoms with Gasteiger partial charge in [-0.2, -0.15) is 0 Å². The number of benzene rings is 1. The van der Waals surface area contributed by atoms with Gasteiger partial charge in [0.1, 0.15) is 5.75 Å². The molecule has 1 fully saturated rings. The molecule has 1 heterocycles. The average Bonchev–Trinajstić information content (AvgIpc) is 2.65. The lowest BCUT2D eigenvalue weighted by Crippen LogP contribution is -2.23. The van der Waals surface area contributed by atoms with E-state index < -0.39 is 0 Å². The number of anilines is 1. The molecule has 0 aliphatic carbocycles. The highest BCUT2D eigenvalue weighted by Crippen LogP contribution is 2.23. The molecule has 1 aromatic carbocycles. The number of carbonyl (C=O) groups is 1. The first-order chi connectivity index (χ1) is 6.81. The SMILES string of the molecule is COc1[c]cc(N2CCCC2=O)cc1. The molecular weight excluding hydrogens is 178 g/mol. The van der Waals surface area contributed by atoms with E-state index in [-0.39, 0.29) is 5.91 Å². The number of rotatable bonds is 2. The second-order valence-electron chi connectivity index (χ2n) is 3.26. The highest BCUT2D eigenvalue weighted by atomic mass is 16.5. The summed E-state index contributed by atoms with van der Waals surface area (Å²) in [6.45, 7) is 0.818. The molecule has 1 aliphatic rings. The van der Waals surface area contributed by atoms with Gasteiger partial charge < -0.3 is 9.64 Å². The van der Waals surface area contributed by atoms with Crippen molar-refractivity contribution in [3.8, 4) is 5.75 Å². The Morgan fingerprint density at radius 3 is 2.86 bits per heavy atom. The molecule has 0 bridgehead atoms. The Hall–Kier alpha value is -1.51. The van der Waals surface area contributed by atoms with Gasteiger partial charge in [0.05, 0.1) is 7.11 Å². The Labute approximate surface area is 83.3 Å². The third-order valence-corrected chi connectivity index (χ3v) is 2.37. The normalized spacial score (nSPS) is 16.1. The molecule has 1 amide bonds. The number of hydrogen-bond acceptors (Lipinski definition) is 2. The Morgan fingerprint density at radius 2 is 2.36 bits per heavy atom. The van der Waals surface area contributed by atoms with Crippen molar-refractivity contribution >= 4 is 11.6 Å². The van der Waals surface area contributed by atoms with Gasteiger partial charge in [0, 0.05) is 24.7 Å². The number of carbonyl (C=O) groups excluding carboxylic acids is 1. The van der Waals surface area contributed by atoms with E-state index >= 15 is 0 Å². The highest BCUT2D eigenvalue weighted by Gasteiger charge is 2.21. The second-order valence-corrected chi connectivity index (χ2v) is 3.26. The summed E-state index contributed by atoms with van der Waals surface area (Å²) in [4.78, 5) is 13.2. The van der Waals surface area contributed by atoms with Crippen LogP contribution < -0.4 is 9.64 Å². The van der Waals surface area contributed by atoms with Gasteiger partial charge in [-0.1, -0.05) is 0 Å². The maximum absolute atomic E-state index is 11.4. The first-order valence-electron chi connectivity index (χ1n) is 4.67. The maximum atomic E-state index is 11.4. The largest absolute Gasteiger partial charge is 0.496 e. The monoisotopic (exact) mass is 190 g/mol. The molecule has 3 nitrogen and oxygen atoms in total. The summed E-state index contributed by atoms with van der Waals surface area (Å²) in [7, 11) is 1.60. The minimum absolute atomic E-state index is 0.198. The lowest BCUT2D eigenvalue weighted by Gasteiger charge is -2.15. The van der Waals surface area contributed by atoms with E-state index in [1.54, 1.807) is 18.1 Å². The minimum Gasteiger partial charge on any atom is -0.496 e. The van der Waals surface area contributed by atoms with Crippen LogP contribution in [-0.2, 0) is 4.79 Å². The number of hydrogen-bond donors (Lipinski definition) is 0. The van der Waals surface area contributed by atoms with Gasteiger partial charge in [-0.3, -0.25) is 4.79 Å². The molecule has 1 aromatic rings. The average molecular weight is 190 g/mol. The van der Waals surface area contributed by atoms with Crippen LogP contribution in [0.3, 0.4) is 0 Å². The fourth-order valence-corrected chi connectivity index (χ4v) is 1.62. The summed E-state index contributed by atoms with van der Waals surface area (Å²) in [5, 5.41) is 0. The van der Waals surface area contributed by atoms with Crippen molar-refractivity contribution in [2.24, 2.45) is 0 Å². The molecule has 73 valence electrons. The predicted octanol–water partition coefficient (Wildman–Crippen LogP) is 1.62. The van der Waals surface area contributed by atoms with Crippen molar-refractivity contribution in [1.82, 2.24) is 0 Å². The van der Waals surface area contributed by atoms with Crippen LogP contribution in [0.1, 0.15) is 12.8 Å². The van der Waals surface area contributed by atoms with Crippen molar-refractivity contribution < 1.29 is 9.53 Å². The van der Waals surface area contributed by atoms with E-state index in [4.69, 9.17) is 4.74 Å². The van der Waals surface area contributed by atoms with Crippen molar-refractivity contribution in [1.29, 1.82) is 0 Å².